The molecule has 2 aromatic rings. The van der Waals surface area contributed by atoms with Crippen molar-refractivity contribution in [2.75, 3.05) is 37.6 Å². The Morgan fingerprint density at radius 3 is 2.61 bits per heavy atom. The van der Waals surface area contributed by atoms with E-state index in [0.717, 1.165) is 5.69 Å². The van der Waals surface area contributed by atoms with Gasteiger partial charge in [0.05, 0.1) is 9.80 Å². The minimum atomic E-state index is -0.402. The van der Waals surface area contributed by atoms with E-state index in [1.54, 1.807) is 18.2 Å². The smallest absolute Gasteiger partial charge is 0.271 e. The predicted octanol–water partition coefficient (Wildman–Crippen LogP) is 2.52. The van der Waals surface area contributed by atoms with Gasteiger partial charge in [-0.3, -0.25) is 19.7 Å². The maximum Gasteiger partial charge on any atom is 0.271 e. The van der Waals surface area contributed by atoms with E-state index in [1.165, 1.54) is 17.4 Å². The van der Waals surface area contributed by atoms with Gasteiger partial charge in [-0.05, 0) is 23.9 Å². The van der Waals surface area contributed by atoms with Crippen molar-refractivity contribution in [2.45, 2.75) is 12.8 Å². The van der Waals surface area contributed by atoms with Crippen molar-refractivity contribution in [3.63, 3.8) is 0 Å². The second kappa shape index (κ2) is 9.32. The fraction of sp³-hybridized carbons (Fsp3) is 0.368. The van der Waals surface area contributed by atoms with Crippen LogP contribution in [0.15, 0.2) is 41.8 Å². The molecule has 2 amide bonds. The highest BCUT2D eigenvalue weighted by atomic mass is 32.1. The normalized spacial score (nSPS) is 14.0. The number of carbonyl (C=O) groups is 2. The number of piperazine rings is 1. The lowest BCUT2D eigenvalue weighted by Crippen LogP contribution is -2.48. The highest BCUT2D eigenvalue weighted by Gasteiger charge is 2.22. The van der Waals surface area contributed by atoms with E-state index in [9.17, 15) is 19.7 Å². The molecule has 1 saturated heterocycles. The number of nitro benzene ring substituents is 1. The molecule has 0 spiro atoms. The average molecular weight is 402 g/mol. The lowest BCUT2D eigenvalue weighted by atomic mass is 10.2. The fourth-order valence-corrected chi connectivity index (χ4v) is 3.75. The highest BCUT2D eigenvalue weighted by Crippen LogP contribution is 2.22. The molecule has 1 aliphatic rings. The number of rotatable bonds is 7. The molecule has 0 atom stereocenters. The number of amides is 2. The zero-order valence-electron chi connectivity index (χ0n) is 15.4. The van der Waals surface area contributed by atoms with Crippen molar-refractivity contribution in [2.24, 2.45) is 0 Å². The molecule has 9 heteroatoms. The minimum Gasteiger partial charge on any atom is -0.368 e. The van der Waals surface area contributed by atoms with Crippen LogP contribution in [0.2, 0.25) is 0 Å². The van der Waals surface area contributed by atoms with Crippen LogP contribution in [0.1, 0.15) is 22.5 Å². The first-order valence-corrected chi connectivity index (χ1v) is 10.0. The molecule has 2 heterocycles. The molecule has 0 bridgehead atoms. The molecule has 148 valence electrons. The maximum absolute atomic E-state index is 12.4. The SMILES string of the molecule is O=C(NCCCC(=O)N1CCN(c2cccc([N+](=O)[O-])c2)CC1)c1cccs1. The molecule has 3 rings (SSSR count). The van der Waals surface area contributed by atoms with Gasteiger partial charge < -0.3 is 15.1 Å². The molecule has 1 aromatic heterocycles. The van der Waals surface area contributed by atoms with Gasteiger partial charge in [-0.1, -0.05) is 12.1 Å². The van der Waals surface area contributed by atoms with E-state index < -0.39 is 4.92 Å². The molecular formula is C19H22N4O4S. The Bertz CT molecular complexity index is 832. The summed E-state index contributed by atoms with van der Waals surface area (Å²) in [5, 5.41) is 15.6. The van der Waals surface area contributed by atoms with Crippen molar-refractivity contribution < 1.29 is 14.5 Å². The number of non-ortho nitro benzene ring substituents is 1. The topological polar surface area (TPSA) is 95.8 Å². The highest BCUT2D eigenvalue weighted by molar-refractivity contribution is 7.12. The summed E-state index contributed by atoms with van der Waals surface area (Å²) in [4.78, 5) is 39.3. The predicted molar refractivity (Wildman–Crippen MR) is 108 cm³/mol. The molecule has 0 saturated carbocycles. The third kappa shape index (κ3) is 5.07. The zero-order valence-corrected chi connectivity index (χ0v) is 16.2. The van der Waals surface area contributed by atoms with Gasteiger partial charge in [-0.25, -0.2) is 0 Å². The number of benzene rings is 1. The summed E-state index contributed by atoms with van der Waals surface area (Å²) in [6, 6.07) is 10.2. The monoisotopic (exact) mass is 402 g/mol. The summed E-state index contributed by atoms with van der Waals surface area (Å²) in [6.07, 6.45) is 0.989. The molecule has 0 radical (unpaired) electrons. The summed E-state index contributed by atoms with van der Waals surface area (Å²) in [5.41, 5.74) is 0.873. The van der Waals surface area contributed by atoms with Gasteiger partial charge >= 0.3 is 0 Å². The van der Waals surface area contributed by atoms with Gasteiger partial charge in [0.15, 0.2) is 0 Å². The van der Waals surface area contributed by atoms with E-state index in [4.69, 9.17) is 0 Å². The van der Waals surface area contributed by atoms with Crippen molar-refractivity contribution in [3.8, 4) is 0 Å². The Kier molecular flexibility index (Phi) is 6.59. The van der Waals surface area contributed by atoms with Gasteiger partial charge in [-0.15, -0.1) is 11.3 Å². The summed E-state index contributed by atoms with van der Waals surface area (Å²) >= 11 is 1.39. The molecular weight excluding hydrogens is 380 g/mol. The van der Waals surface area contributed by atoms with Gasteiger partial charge in [0.2, 0.25) is 5.91 Å². The molecule has 28 heavy (non-hydrogen) atoms. The number of nitro groups is 1. The van der Waals surface area contributed by atoms with Crippen LogP contribution < -0.4 is 10.2 Å². The minimum absolute atomic E-state index is 0.0700. The van der Waals surface area contributed by atoms with Crippen molar-refractivity contribution in [1.29, 1.82) is 0 Å². The largest absolute Gasteiger partial charge is 0.368 e. The quantitative estimate of drug-likeness (QED) is 0.436. The number of hydrogen-bond acceptors (Lipinski definition) is 6. The van der Waals surface area contributed by atoms with Crippen LogP contribution in [0.5, 0.6) is 0 Å². The van der Waals surface area contributed by atoms with Crippen molar-refractivity contribution in [3.05, 3.63) is 56.8 Å². The number of anilines is 1. The van der Waals surface area contributed by atoms with Crippen LogP contribution in [-0.4, -0.2) is 54.4 Å². The van der Waals surface area contributed by atoms with Crippen LogP contribution in [-0.2, 0) is 4.79 Å². The van der Waals surface area contributed by atoms with E-state index >= 15 is 0 Å². The summed E-state index contributed by atoms with van der Waals surface area (Å²) in [6.45, 7) is 2.92. The van der Waals surface area contributed by atoms with Crippen LogP contribution in [0.4, 0.5) is 11.4 Å². The fourth-order valence-electron chi connectivity index (χ4n) is 3.11. The van der Waals surface area contributed by atoms with Crippen LogP contribution in [0.3, 0.4) is 0 Å². The van der Waals surface area contributed by atoms with Gasteiger partial charge in [0.1, 0.15) is 0 Å². The average Bonchev–Trinajstić information content (AvgIpc) is 3.26. The second-order valence-electron chi connectivity index (χ2n) is 6.48. The van der Waals surface area contributed by atoms with Gasteiger partial charge in [0, 0.05) is 57.0 Å². The number of carbonyl (C=O) groups excluding carboxylic acids is 2. The number of thiophene rings is 1. The van der Waals surface area contributed by atoms with Crippen LogP contribution >= 0.6 is 11.3 Å². The molecule has 8 nitrogen and oxygen atoms in total. The Morgan fingerprint density at radius 1 is 1.14 bits per heavy atom. The van der Waals surface area contributed by atoms with E-state index in [0.29, 0.717) is 50.4 Å². The molecule has 1 aromatic carbocycles. The third-order valence-electron chi connectivity index (χ3n) is 4.64. The van der Waals surface area contributed by atoms with Gasteiger partial charge in [0.25, 0.3) is 11.6 Å². The van der Waals surface area contributed by atoms with E-state index in [2.05, 4.69) is 10.2 Å². The summed E-state index contributed by atoms with van der Waals surface area (Å²) in [7, 11) is 0. The lowest BCUT2D eigenvalue weighted by molar-refractivity contribution is -0.384. The van der Waals surface area contributed by atoms with Gasteiger partial charge in [-0.2, -0.15) is 0 Å². The van der Waals surface area contributed by atoms with Crippen molar-refractivity contribution in [1.82, 2.24) is 10.2 Å². The first-order valence-electron chi connectivity index (χ1n) is 9.13. The maximum atomic E-state index is 12.4. The standard InChI is InChI=1S/C19H22N4O4S/c24-18(7-2-8-20-19(25)17-6-3-13-28-17)22-11-9-21(10-12-22)15-4-1-5-16(14-15)23(26)27/h1,3-6,13-14H,2,7-12H2,(H,20,25). The summed E-state index contributed by atoms with van der Waals surface area (Å²) < 4.78 is 0. The molecule has 1 fully saturated rings. The Hall–Kier alpha value is -2.94. The summed E-state index contributed by atoms with van der Waals surface area (Å²) in [5.74, 6) is -0.0305. The Labute approximate surface area is 166 Å². The number of hydrogen-bond donors (Lipinski definition) is 1. The Morgan fingerprint density at radius 2 is 1.93 bits per heavy atom. The first-order chi connectivity index (χ1) is 13.5. The molecule has 1 N–H and O–H groups in total. The molecule has 1 aliphatic heterocycles. The van der Waals surface area contributed by atoms with Crippen molar-refractivity contribution >= 4 is 34.5 Å². The van der Waals surface area contributed by atoms with Crippen LogP contribution in [0.25, 0.3) is 0 Å². The number of nitrogens with one attached hydrogen (secondary N) is 1. The Balaban J connectivity index is 1.39. The van der Waals surface area contributed by atoms with E-state index in [-0.39, 0.29) is 17.5 Å². The number of nitrogens with zero attached hydrogens (tertiary/aromatic N) is 3. The zero-order chi connectivity index (χ0) is 19.9. The first kappa shape index (κ1) is 19.8. The van der Waals surface area contributed by atoms with E-state index in [1.807, 2.05) is 22.4 Å². The molecule has 0 aliphatic carbocycles. The molecule has 0 unspecified atom stereocenters. The van der Waals surface area contributed by atoms with Crippen LogP contribution in [0, 0.1) is 10.1 Å². The third-order valence-corrected chi connectivity index (χ3v) is 5.50. The lowest BCUT2D eigenvalue weighted by Gasteiger charge is -2.36. The second-order valence-corrected chi connectivity index (χ2v) is 7.43.